The van der Waals surface area contributed by atoms with Gasteiger partial charge in [0.1, 0.15) is 6.54 Å². The minimum atomic E-state index is -0.0458. The van der Waals surface area contributed by atoms with Crippen LogP contribution in [-0.2, 0) is 11.3 Å². The molecular weight excluding hydrogens is 300 g/mol. The largest absolute Gasteiger partial charge is 0.346 e. The third-order valence-electron chi connectivity index (χ3n) is 3.93. The van der Waals surface area contributed by atoms with Crippen molar-refractivity contribution in [1.29, 1.82) is 0 Å². The summed E-state index contributed by atoms with van der Waals surface area (Å²) in [7, 11) is 4.01. The molecule has 2 aromatic carbocycles. The van der Waals surface area contributed by atoms with Crippen LogP contribution in [0.1, 0.15) is 11.6 Å². The molecule has 1 N–H and O–H groups in total. The van der Waals surface area contributed by atoms with Gasteiger partial charge in [0.2, 0.25) is 5.91 Å². The lowest BCUT2D eigenvalue weighted by Gasteiger charge is -2.23. The first-order valence-electron chi connectivity index (χ1n) is 8.03. The highest BCUT2D eigenvalue weighted by Gasteiger charge is 2.16. The number of para-hydroxylation sites is 1. The monoisotopic (exact) mass is 322 g/mol. The number of hydrogen-bond acceptors (Lipinski definition) is 3. The van der Waals surface area contributed by atoms with Crippen LogP contribution in [0.2, 0.25) is 0 Å². The molecule has 124 valence electrons. The second kappa shape index (κ2) is 7.27. The van der Waals surface area contributed by atoms with Gasteiger partial charge in [0, 0.05) is 11.9 Å². The fourth-order valence-corrected chi connectivity index (χ4v) is 2.81. The average Bonchev–Trinajstić information content (AvgIpc) is 2.98. The summed E-state index contributed by atoms with van der Waals surface area (Å²) in [5, 5.41) is 8.49. The minimum Gasteiger partial charge on any atom is -0.346 e. The van der Waals surface area contributed by atoms with Gasteiger partial charge in [-0.1, -0.05) is 48.5 Å². The fourth-order valence-electron chi connectivity index (χ4n) is 2.81. The zero-order valence-electron chi connectivity index (χ0n) is 14.0. The van der Waals surface area contributed by atoms with Crippen LogP contribution in [0.5, 0.6) is 0 Å². The van der Waals surface area contributed by atoms with Crippen molar-refractivity contribution in [2.45, 2.75) is 12.6 Å². The number of carbonyl (C=O) groups excluding carboxylic acids is 1. The Balaban J connectivity index is 1.73. The zero-order valence-corrected chi connectivity index (χ0v) is 14.0. The Morgan fingerprint density at radius 3 is 2.58 bits per heavy atom. The van der Waals surface area contributed by atoms with Gasteiger partial charge >= 0.3 is 0 Å². The maximum Gasteiger partial charge on any atom is 0.242 e. The van der Waals surface area contributed by atoms with Crippen LogP contribution in [0.15, 0.2) is 60.8 Å². The lowest BCUT2D eigenvalue weighted by Crippen LogP contribution is -2.37. The van der Waals surface area contributed by atoms with E-state index in [1.165, 1.54) is 0 Å². The molecule has 1 heterocycles. The number of rotatable bonds is 6. The molecule has 1 aromatic heterocycles. The van der Waals surface area contributed by atoms with E-state index in [1.807, 2.05) is 68.7 Å². The molecule has 1 atom stereocenters. The van der Waals surface area contributed by atoms with E-state index >= 15 is 0 Å². The van der Waals surface area contributed by atoms with Gasteiger partial charge in [-0.2, -0.15) is 5.10 Å². The van der Waals surface area contributed by atoms with Crippen LogP contribution in [-0.4, -0.2) is 41.2 Å². The Hall–Kier alpha value is -2.66. The molecule has 0 saturated heterocycles. The first-order chi connectivity index (χ1) is 11.6. The molecule has 3 aromatic rings. The molecule has 0 aliphatic carbocycles. The van der Waals surface area contributed by atoms with E-state index in [-0.39, 0.29) is 18.5 Å². The SMILES string of the molecule is CN(C)C[C@H](NC(=O)Cn1ncc2ccccc21)c1ccccc1. The molecule has 0 saturated carbocycles. The summed E-state index contributed by atoms with van der Waals surface area (Å²) in [5.41, 5.74) is 2.07. The molecule has 1 amide bonds. The van der Waals surface area contributed by atoms with Gasteiger partial charge in [-0.05, 0) is 25.7 Å². The summed E-state index contributed by atoms with van der Waals surface area (Å²) in [6.45, 7) is 0.958. The van der Waals surface area contributed by atoms with Crippen LogP contribution >= 0.6 is 0 Å². The lowest BCUT2D eigenvalue weighted by atomic mass is 10.1. The highest BCUT2D eigenvalue weighted by molar-refractivity contribution is 5.82. The van der Waals surface area contributed by atoms with E-state index in [1.54, 1.807) is 10.9 Å². The highest BCUT2D eigenvalue weighted by Crippen LogP contribution is 2.15. The van der Waals surface area contributed by atoms with Gasteiger partial charge in [0.25, 0.3) is 0 Å². The van der Waals surface area contributed by atoms with Crippen molar-refractivity contribution in [1.82, 2.24) is 20.0 Å². The Morgan fingerprint density at radius 2 is 1.83 bits per heavy atom. The minimum absolute atomic E-state index is 0.0421. The normalized spacial score (nSPS) is 12.5. The van der Waals surface area contributed by atoms with E-state index in [0.717, 1.165) is 23.0 Å². The number of benzene rings is 2. The number of nitrogens with zero attached hydrogens (tertiary/aromatic N) is 3. The first kappa shape index (κ1) is 16.2. The number of aromatic nitrogens is 2. The number of carbonyl (C=O) groups is 1. The van der Waals surface area contributed by atoms with Crippen molar-refractivity contribution >= 4 is 16.8 Å². The van der Waals surface area contributed by atoms with Crippen molar-refractivity contribution < 1.29 is 4.79 Å². The van der Waals surface area contributed by atoms with Crippen molar-refractivity contribution in [3.05, 3.63) is 66.4 Å². The molecule has 24 heavy (non-hydrogen) atoms. The highest BCUT2D eigenvalue weighted by atomic mass is 16.2. The van der Waals surface area contributed by atoms with Crippen LogP contribution in [0.3, 0.4) is 0 Å². The summed E-state index contributed by atoms with van der Waals surface area (Å²) in [6, 6.07) is 17.9. The molecule has 3 rings (SSSR count). The first-order valence-corrected chi connectivity index (χ1v) is 8.03. The van der Waals surface area contributed by atoms with Crippen LogP contribution in [0, 0.1) is 0 Å². The van der Waals surface area contributed by atoms with Gasteiger partial charge < -0.3 is 10.2 Å². The number of nitrogens with one attached hydrogen (secondary N) is 1. The number of likely N-dealkylation sites (N-methyl/N-ethyl adjacent to an activating group) is 1. The van der Waals surface area contributed by atoms with Crippen LogP contribution in [0.4, 0.5) is 0 Å². The van der Waals surface area contributed by atoms with Crippen LogP contribution < -0.4 is 5.32 Å². The molecule has 0 spiro atoms. The molecule has 5 nitrogen and oxygen atoms in total. The number of hydrogen-bond donors (Lipinski definition) is 1. The summed E-state index contributed by atoms with van der Waals surface area (Å²) in [4.78, 5) is 14.6. The summed E-state index contributed by atoms with van der Waals surface area (Å²) in [6.07, 6.45) is 1.79. The van der Waals surface area contributed by atoms with E-state index < -0.39 is 0 Å². The molecule has 0 fully saturated rings. The van der Waals surface area contributed by atoms with E-state index in [2.05, 4.69) is 15.3 Å². The summed E-state index contributed by atoms with van der Waals surface area (Å²) < 4.78 is 1.74. The van der Waals surface area contributed by atoms with E-state index in [4.69, 9.17) is 0 Å². The second-order valence-electron chi connectivity index (χ2n) is 6.15. The third-order valence-corrected chi connectivity index (χ3v) is 3.93. The zero-order chi connectivity index (χ0) is 16.9. The van der Waals surface area contributed by atoms with E-state index in [9.17, 15) is 4.79 Å². The van der Waals surface area contributed by atoms with Crippen molar-refractivity contribution in [2.24, 2.45) is 0 Å². The van der Waals surface area contributed by atoms with Crippen LogP contribution in [0.25, 0.3) is 10.9 Å². The van der Waals surface area contributed by atoms with Gasteiger partial charge in [-0.25, -0.2) is 0 Å². The molecule has 5 heteroatoms. The Morgan fingerprint density at radius 1 is 1.12 bits per heavy atom. The quantitative estimate of drug-likeness (QED) is 0.758. The van der Waals surface area contributed by atoms with Crippen molar-refractivity contribution in [2.75, 3.05) is 20.6 Å². The Bertz CT molecular complexity index is 810. The summed E-state index contributed by atoms with van der Waals surface area (Å²) in [5.74, 6) is -0.0421. The van der Waals surface area contributed by atoms with Gasteiger partial charge in [0.15, 0.2) is 0 Å². The number of fused-ring (bicyclic) bond motifs is 1. The maximum atomic E-state index is 12.5. The third kappa shape index (κ3) is 3.81. The van der Waals surface area contributed by atoms with Gasteiger partial charge in [-0.3, -0.25) is 9.48 Å². The lowest BCUT2D eigenvalue weighted by molar-refractivity contribution is -0.122. The molecule has 0 aliphatic rings. The van der Waals surface area contributed by atoms with E-state index in [0.29, 0.717) is 0 Å². The molecule has 0 aliphatic heterocycles. The molecule has 0 bridgehead atoms. The second-order valence-corrected chi connectivity index (χ2v) is 6.15. The molecular formula is C19H22N4O. The maximum absolute atomic E-state index is 12.5. The fraction of sp³-hybridized carbons (Fsp3) is 0.263. The topological polar surface area (TPSA) is 50.2 Å². The molecule has 0 unspecified atom stereocenters. The van der Waals surface area contributed by atoms with Crippen molar-refractivity contribution in [3.63, 3.8) is 0 Å². The van der Waals surface area contributed by atoms with Gasteiger partial charge in [0.05, 0.1) is 17.8 Å². The number of amides is 1. The van der Waals surface area contributed by atoms with Gasteiger partial charge in [-0.15, -0.1) is 0 Å². The smallest absolute Gasteiger partial charge is 0.242 e. The Kier molecular flexibility index (Phi) is 4.91. The van der Waals surface area contributed by atoms with Crippen molar-refractivity contribution in [3.8, 4) is 0 Å². The average molecular weight is 322 g/mol. The summed E-state index contributed by atoms with van der Waals surface area (Å²) >= 11 is 0. The molecule has 0 radical (unpaired) electrons. The standard InChI is InChI=1S/C19H22N4O/c1-22(2)13-17(15-8-4-3-5-9-15)21-19(24)14-23-18-11-7-6-10-16(18)12-20-23/h3-12,17H,13-14H2,1-2H3,(H,21,24)/t17-/m0/s1. The predicted octanol–water partition coefficient (Wildman–Crippen LogP) is 2.46. The Labute approximate surface area is 141 Å². The predicted molar refractivity (Wildman–Crippen MR) is 95.6 cm³/mol.